The molecule has 0 aliphatic carbocycles. The zero-order valence-corrected chi connectivity index (χ0v) is 5.59. The van der Waals surface area contributed by atoms with Gasteiger partial charge in [0.25, 0.3) is 0 Å². The predicted molar refractivity (Wildman–Crippen MR) is 42.8 cm³/mol. The molecule has 0 aliphatic rings. The lowest BCUT2D eigenvalue weighted by Crippen LogP contribution is -1.73. The predicted octanol–water partition coefficient (Wildman–Crippen LogP) is 2.27. The van der Waals surface area contributed by atoms with E-state index in [0.717, 1.165) is 11.1 Å². The van der Waals surface area contributed by atoms with Crippen molar-refractivity contribution in [1.82, 2.24) is 0 Å². The van der Waals surface area contributed by atoms with Gasteiger partial charge in [-0.05, 0) is 24.1 Å². The Bertz CT molecular complexity index is 259. The van der Waals surface area contributed by atoms with Gasteiger partial charge in [-0.3, -0.25) is 0 Å². The second-order valence-electron chi connectivity index (χ2n) is 1.95. The van der Waals surface area contributed by atoms with E-state index >= 15 is 0 Å². The van der Waals surface area contributed by atoms with Crippen molar-refractivity contribution < 1.29 is 0 Å². The molecule has 0 aromatic heterocycles. The standard InChI is InChI=1S/C10H7/c1-3-9-5-7-10(4-2)8-6-9/h3,5-8H,1H2. The highest BCUT2D eigenvalue weighted by atomic mass is 13.9. The van der Waals surface area contributed by atoms with Gasteiger partial charge in [0.15, 0.2) is 0 Å². The van der Waals surface area contributed by atoms with Crippen LogP contribution in [-0.4, -0.2) is 0 Å². The topological polar surface area (TPSA) is 0 Å². The van der Waals surface area contributed by atoms with E-state index < -0.39 is 0 Å². The molecule has 0 fully saturated rings. The second-order valence-corrected chi connectivity index (χ2v) is 1.95. The molecule has 0 aliphatic heterocycles. The van der Waals surface area contributed by atoms with Gasteiger partial charge in [-0.15, -0.1) is 0 Å². The van der Waals surface area contributed by atoms with E-state index in [-0.39, 0.29) is 0 Å². The quantitative estimate of drug-likeness (QED) is 0.507. The smallest absolute Gasteiger partial charge is 0.0255 e. The molecule has 0 heterocycles. The number of hydrogen-bond donors (Lipinski definition) is 0. The summed E-state index contributed by atoms with van der Waals surface area (Å²) in [6.07, 6.45) is 8.57. The van der Waals surface area contributed by atoms with Crippen LogP contribution in [0.2, 0.25) is 0 Å². The molecule has 0 N–H and O–H groups in total. The summed E-state index contributed by atoms with van der Waals surface area (Å²) in [6, 6.07) is 7.49. The zero-order chi connectivity index (χ0) is 7.40. The molecule has 10 heavy (non-hydrogen) atoms. The molecular formula is C10H7. The summed E-state index contributed by atoms with van der Waals surface area (Å²) in [4.78, 5) is 0. The molecule has 0 saturated carbocycles. The number of benzene rings is 1. The van der Waals surface area contributed by atoms with Gasteiger partial charge in [-0.1, -0.05) is 30.7 Å². The average Bonchev–Trinajstić information content (AvgIpc) is 2.05. The Hall–Kier alpha value is -1.48. The molecule has 0 atom stereocenters. The van der Waals surface area contributed by atoms with Crippen LogP contribution in [0.4, 0.5) is 0 Å². The first kappa shape index (κ1) is 6.64. The Morgan fingerprint density at radius 1 is 1.30 bits per heavy atom. The van der Waals surface area contributed by atoms with Crippen molar-refractivity contribution >= 4 is 6.08 Å². The summed E-state index contributed by atoms with van der Waals surface area (Å²) in [5.41, 5.74) is 1.87. The van der Waals surface area contributed by atoms with Gasteiger partial charge in [0.1, 0.15) is 0 Å². The van der Waals surface area contributed by atoms with E-state index in [4.69, 9.17) is 6.42 Å². The zero-order valence-electron chi connectivity index (χ0n) is 5.59. The molecule has 0 bridgehead atoms. The Morgan fingerprint density at radius 2 is 1.90 bits per heavy atom. The molecule has 0 saturated heterocycles. The van der Waals surface area contributed by atoms with Crippen molar-refractivity contribution in [2.75, 3.05) is 0 Å². The molecule has 1 rings (SSSR count). The first-order valence-corrected chi connectivity index (χ1v) is 3.02. The van der Waals surface area contributed by atoms with Crippen molar-refractivity contribution in [3.05, 3.63) is 48.4 Å². The van der Waals surface area contributed by atoms with E-state index in [1.165, 1.54) is 0 Å². The summed E-state index contributed by atoms with van der Waals surface area (Å²) in [5, 5.41) is 0. The first-order chi connectivity index (χ1) is 4.86. The maximum Gasteiger partial charge on any atom is 0.0255 e. The lowest BCUT2D eigenvalue weighted by Gasteiger charge is -1.90. The minimum absolute atomic E-state index is 0.797. The third-order valence-electron chi connectivity index (χ3n) is 1.29. The largest absolute Gasteiger partial charge is 0.0985 e. The van der Waals surface area contributed by atoms with E-state index in [1.807, 2.05) is 24.3 Å². The summed E-state index contributed by atoms with van der Waals surface area (Å²) >= 11 is 0. The molecule has 1 radical (unpaired) electrons. The van der Waals surface area contributed by atoms with E-state index in [1.54, 1.807) is 6.08 Å². The molecule has 47 valence electrons. The van der Waals surface area contributed by atoms with Crippen molar-refractivity contribution in [2.24, 2.45) is 0 Å². The van der Waals surface area contributed by atoms with Crippen LogP contribution in [-0.2, 0) is 0 Å². The van der Waals surface area contributed by atoms with E-state index in [9.17, 15) is 0 Å². The fourth-order valence-electron chi connectivity index (χ4n) is 0.703. The summed E-state index contributed by atoms with van der Waals surface area (Å²) in [5.74, 6) is 2.29. The van der Waals surface area contributed by atoms with Crippen LogP contribution in [0.3, 0.4) is 0 Å². The molecule has 1 aromatic rings. The van der Waals surface area contributed by atoms with Gasteiger partial charge in [0, 0.05) is 5.56 Å². The van der Waals surface area contributed by atoms with Gasteiger partial charge >= 0.3 is 0 Å². The minimum Gasteiger partial charge on any atom is -0.0985 e. The fourth-order valence-corrected chi connectivity index (χ4v) is 0.703. The highest BCUT2D eigenvalue weighted by Crippen LogP contribution is 2.03. The maximum absolute atomic E-state index is 6.80. The summed E-state index contributed by atoms with van der Waals surface area (Å²) < 4.78 is 0. The first-order valence-electron chi connectivity index (χ1n) is 3.02. The van der Waals surface area contributed by atoms with Crippen LogP contribution in [0.15, 0.2) is 30.8 Å². The van der Waals surface area contributed by atoms with Gasteiger partial charge in [0.05, 0.1) is 0 Å². The van der Waals surface area contributed by atoms with Crippen molar-refractivity contribution in [1.29, 1.82) is 0 Å². The Labute approximate surface area is 61.2 Å². The van der Waals surface area contributed by atoms with Crippen molar-refractivity contribution in [2.45, 2.75) is 0 Å². The van der Waals surface area contributed by atoms with Crippen LogP contribution < -0.4 is 0 Å². The highest BCUT2D eigenvalue weighted by Gasteiger charge is 1.84. The molecule has 0 heteroatoms. The van der Waals surface area contributed by atoms with Crippen molar-refractivity contribution in [3.8, 4) is 5.92 Å². The second kappa shape index (κ2) is 2.89. The van der Waals surface area contributed by atoms with Gasteiger partial charge in [-0.2, -0.15) is 0 Å². The molecule has 1 aromatic carbocycles. The maximum atomic E-state index is 6.80. The third kappa shape index (κ3) is 1.27. The lowest BCUT2D eigenvalue weighted by atomic mass is 10.1. The normalized spacial score (nSPS) is 8.30. The van der Waals surface area contributed by atoms with Crippen LogP contribution in [0.5, 0.6) is 0 Å². The van der Waals surface area contributed by atoms with Crippen LogP contribution in [0.1, 0.15) is 11.1 Å². The Kier molecular flexibility index (Phi) is 1.92. The van der Waals surface area contributed by atoms with Gasteiger partial charge in [-0.25, -0.2) is 0 Å². The number of hydrogen-bond acceptors (Lipinski definition) is 0. The van der Waals surface area contributed by atoms with Crippen LogP contribution >= 0.6 is 0 Å². The molecule has 0 spiro atoms. The SMILES string of the molecule is [C]#Cc1ccc(C=C)cc1. The molecule has 0 nitrogen and oxygen atoms in total. The monoisotopic (exact) mass is 127 g/mol. The van der Waals surface area contributed by atoms with E-state index in [2.05, 4.69) is 12.5 Å². The summed E-state index contributed by atoms with van der Waals surface area (Å²) in [6.45, 7) is 3.62. The van der Waals surface area contributed by atoms with Crippen LogP contribution in [0.25, 0.3) is 6.08 Å². The van der Waals surface area contributed by atoms with Gasteiger partial charge < -0.3 is 0 Å². The molecule has 0 amide bonds. The Morgan fingerprint density at radius 3 is 2.30 bits per heavy atom. The highest BCUT2D eigenvalue weighted by molar-refractivity contribution is 5.48. The summed E-state index contributed by atoms with van der Waals surface area (Å²) in [7, 11) is 0. The fraction of sp³-hybridized carbons (Fsp3) is 0. The minimum atomic E-state index is 0.797. The van der Waals surface area contributed by atoms with E-state index in [0.29, 0.717) is 0 Å². The Balaban J connectivity index is 3.04. The average molecular weight is 127 g/mol. The van der Waals surface area contributed by atoms with Crippen molar-refractivity contribution in [3.63, 3.8) is 0 Å². The third-order valence-corrected chi connectivity index (χ3v) is 1.29. The molecule has 0 unspecified atom stereocenters. The molecular weight excluding hydrogens is 120 g/mol. The van der Waals surface area contributed by atoms with Crippen LogP contribution in [0, 0.1) is 12.3 Å². The van der Waals surface area contributed by atoms with Gasteiger partial charge in [0.2, 0.25) is 0 Å². The number of rotatable bonds is 1. The lowest BCUT2D eigenvalue weighted by molar-refractivity contribution is 1.61.